The van der Waals surface area contributed by atoms with Crippen LogP contribution in [0.1, 0.15) is 34.2 Å². The van der Waals surface area contributed by atoms with Crippen molar-refractivity contribution in [3.05, 3.63) is 52.4 Å². The molecule has 0 fully saturated rings. The Balaban J connectivity index is 1.91. The normalized spacial score (nSPS) is 12.2. The Morgan fingerprint density at radius 3 is 2.67 bits per heavy atom. The van der Waals surface area contributed by atoms with Gasteiger partial charge in [0.2, 0.25) is 5.91 Å². The van der Waals surface area contributed by atoms with Gasteiger partial charge in [-0.15, -0.1) is 0 Å². The summed E-state index contributed by atoms with van der Waals surface area (Å²) in [5.41, 5.74) is 3.36. The van der Waals surface area contributed by atoms with E-state index in [-0.39, 0.29) is 18.9 Å². The molecule has 112 valence electrons. The number of aryl methyl sites for hydroxylation is 3. The number of hydrogen-bond acceptors (Lipinski definition) is 4. The summed E-state index contributed by atoms with van der Waals surface area (Å²) in [7, 11) is 0. The quantitative estimate of drug-likeness (QED) is 0.882. The summed E-state index contributed by atoms with van der Waals surface area (Å²) in [6, 6.07) is 7.59. The molecular formula is C16H20N2O3. The van der Waals surface area contributed by atoms with Crippen LogP contribution in [0, 0.1) is 20.8 Å². The fourth-order valence-electron chi connectivity index (χ4n) is 2.26. The van der Waals surface area contributed by atoms with E-state index in [1.165, 1.54) is 0 Å². The summed E-state index contributed by atoms with van der Waals surface area (Å²) in [4.78, 5) is 11.9. The van der Waals surface area contributed by atoms with Crippen molar-refractivity contribution >= 4 is 5.91 Å². The maximum absolute atomic E-state index is 11.9. The molecule has 0 saturated heterocycles. The average Bonchev–Trinajstić information content (AvgIpc) is 2.77. The van der Waals surface area contributed by atoms with Crippen LogP contribution < -0.4 is 5.32 Å². The van der Waals surface area contributed by atoms with Crippen molar-refractivity contribution in [2.75, 3.05) is 6.54 Å². The summed E-state index contributed by atoms with van der Waals surface area (Å²) in [6.45, 7) is 5.71. The van der Waals surface area contributed by atoms with E-state index in [9.17, 15) is 9.90 Å². The average molecular weight is 288 g/mol. The Morgan fingerprint density at radius 2 is 2.05 bits per heavy atom. The van der Waals surface area contributed by atoms with Crippen LogP contribution in [0.2, 0.25) is 0 Å². The molecule has 21 heavy (non-hydrogen) atoms. The van der Waals surface area contributed by atoms with Crippen molar-refractivity contribution in [2.45, 2.75) is 33.3 Å². The predicted octanol–water partition coefficient (Wildman–Crippen LogP) is 1.99. The van der Waals surface area contributed by atoms with Gasteiger partial charge in [-0.3, -0.25) is 4.79 Å². The molecule has 1 aromatic heterocycles. The third kappa shape index (κ3) is 3.70. The van der Waals surface area contributed by atoms with Crippen molar-refractivity contribution in [3.8, 4) is 0 Å². The summed E-state index contributed by atoms with van der Waals surface area (Å²) >= 11 is 0. The fraction of sp³-hybridized carbons (Fsp3) is 0.375. The molecule has 1 amide bonds. The van der Waals surface area contributed by atoms with E-state index in [0.717, 1.165) is 22.4 Å². The van der Waals surface area contributed by atoms with E-state index in [0.29, 0.717) is 5.76 Å². The summed E-state index contributed by atoms with van der Waals surface area (Å²) in [5.74, 6) is 0.499. The van der Waals surface area contributed by atoms with Gasteiger partial charge >= 0.3 is 0 Å². The van der Waals surface area contributed by atoms with Crippen LogP contribution in [0.3, 0.4) is 0 Å². The number of carbonyl (C=O) groups is 1. The molecule has 0 aliphatic rings. The van der Waals surface area contributed by atoms with Crippen LogP contribution in [0.25, 0.3) is 0 Å². The van der Waals surface area contributed by atoms with Gasteiger partial charge < -0.3 is 14.9 Å². The van der Waals surface area contributed by atoms with Gasteiger partial charge in [0, 0.05) is 12.1 Å². The standard InChI is InChI=1S/C16H20N2O3/c1-10-6-4-5-7-13(10)15(19)9-17-16(20)8-14-11(2)18-21-12(14)3/h4-7,15,19H,8-9H2,1-3H3,(H,17,20). The molecule has 5 nitrogen and oxygen atoms in total. The van der Waals surface area contributed by atoms with Crippen molar-refractivity contribution in [1.29, 1.82) is 0 Å². The molecule has 0 spiro atoms. The third-order valence-electron chi connectivity index (χ3n) is 3.56. The minimum absolute atomic E-state index is 0.156. The molecule has 1 heterocycles. The fourth-order valence-corrected chi connectivity index (χ4v) is 2.26. The second-order valence-corrected chi connectivity index (χ2v) is 5.16. The van der Waals surface area contributed by atoms with Gasteiger partial charge in [0.25, 0.3) is 0 Å². The van der Waals surface area contributed by atoms with E-state index < -0.39 is 6.10 Å². The molecule has 2 N–H and O–H groups in total. The number of nitrogens with zero attached hydrogens (tertiary/aromatic N) is 1. The lowest BCUT2D eigenvalue weighted by Crippen LogP contribution is -2.30. The molecule has 1 unspecified atom stereocenters. The molecule has 0 bridgehead atoms. The van der Waals surface area contributed by atoms with Gasteiger partial charge in [-0.25, -0.2) is 0 Å². The molecule has 0 aliphatic carbocycles. The predicted molar refractivity (Wildman–Crippen MR) is 78.8 cm³/mol. The molecule has 1 aromatic carbocycles. The second-order valence-electron chi connectivity index (χ2n) is 5.16. The van der Waals surface area contributed by atoms with E-state index in [1.807, 2.05) is 31.2 Å². The van der Waals surface area contributed by atoms with Gasteiger partial charge in [0.15, 0.2) is 0 Å². The number of aliphatic hydroxyl groups is 1. The molecule has 2 rings (SSSR count). The van der Waals surface area contributed by atoms with Crippen molar-refractivity contribution < 1.29 is 14.4 Å². The van der Waals surface area contributed by atoms with Crippen LogP contribution in [-0.4, -0.2) is 22.7 Å². The van der Waals surface area contributed by atoms with Crippen LogP contribution in [0.5, 0.6) is 0 Å². The van der Waals surface area contributed by atoms with Crippen molar-refractivity contribution in [3.63, 3.8) is 0 Å². The van der Waals surface area contributed by atoms with Crippen molar-refractivity contribution in [2.24, 2.45) is 0 Å². The Morgan fingerprint density at radius 1 is 1.33 bits per heavy atom. The van der Waals surface area contributed by atoms with Crippen LogP contribution in [0.4, 0.5) is 0 Å². The lowest BCUT2D eigenvalue weighted by atomic mass is 10.0. The molecule has 0 radical (unpaired) electrons. The highest BCUT2D eigenvalue weighted by Gasteiger charge is 2.15. The summed E-state index contributed by atoms with van der Waals surface area (Å²) in [6.07, 6.45) is -0.499. The Hall–Kier alpha value is -2.14. The van der Waals surface area contributed by atoms with Crippen LogP contribution in [0.15, 0.2) is 28.8 Å². The third-order valence-corrected chi connectivity index (χ3v) is 3.56. The number of aliphatic hydroxyl groups excluding tert-OH is 1. The zero-order valence-electron chi connectivity index (χ0n) is 12.5. The number of nitrogens with one attached hydrogen (secondary N) is 1. The van der Waals surface area contributed by atoms with E-state index >= 15 is 0 Å². The number of aromatic nitrogens is 1. The first-order chi connectivity index (χ1) is 9.99. The lowest BCUT2D eigenvalue weighted by Gasteiger charge is -2.14. The van der Waals surface area contributed by atoms with Crippen molar-refractivity contribution in [1.82, 2.24) is 10.5 Å². The molecule has 0 saturated carbocycles. The Kier molecular flexibility index (Phi) is 4.75. The lowest BCUT2D eigenvalue weighted by molar-refractivity contribution is -0.120. The Bertz CT molecular complexity index is 615. The monoisotopic (exact) mass is 288 g/mol. The highest BCUT2D eigenvalue weighted by atomic mass is 16.5. The van der Waals surface area contributed by atoms with Crippen LogP contribution >= 0.6 is 0 Å². The van der Waals surface area contributed by atoms with Gasteiger partial charge in [0.05, 0.1) is 18.2 Å². The number of amides is 1. The summed E-state index contributed by atoms with van der Waals surface area (Å²) < 4.78 is 5.03. The number of rotatable bonds is 5. The zero-order valence-corrected chi connectivity index (χ0v) is 12.5. The number of benzene rings is 1. The molecule has 1 atom stereocenters. The van der Waals surface area contributed by atoms with Gasteiger partial charge in [-0.2, -0.15) is 0 Å². The van der Waals surface area contributed by atoms with Crippen LogP contribution in [-0.2, 0) is 11.2 Å². The topological polar surface area (TPSA) is 75.4 Å². The first-order valence-electron chi connectivity index (χ1n) is 6.91. The molecule has 0 aliphatic heterocycles. The largest absolute Gasteiger partial charge is 0.387 e. The maximum Gasteiger partial charge on any atom is 0.224 e. The molecular weight excluding hydrogens is 268 g/mol. The van der Waals surface area contributed by atoms with Gasteiger partial charge in [0.1, 0.15) is 5.76 Å². The van der Waals surface area contributed by atoms with Gasteiger partial charge in [-0.1, -0.05) is 29.4 Å². The first-order valence-corrected chi connectivity index (χ1v) is 6.91. The number of carbonyl (C=O) groups excluding carboxylic acids is 1. The second kappa shape index (κ2) is 6.54. The highest BCUT2D eigenvalue weighted by molar-refractivity contribution is 5.79. The zero-order chi connectivity index (χ0) is 15.4. The molecule has 2 aromatic rings. The Labute approximate surface area is 124 Å². The minimum atomic E-state index is -0.709. The summed E-state index contributed by atoms with van der Waals surface area (Å²) in [5, 5.41) is 16.7. The van der Waals surface area contributed by atoms with Gasteiger partial charge in [-0.05, 0) is 31.9 Å². The highest BCUT2D eigenvalue weighted by Crippen LogP contribution is 2.16. The van der Waals surface area contributed by atoms with E-state index in [1.54, 1.807) is 13.8 Å². The smallest absolute Gasteiger partial charge is 0.224 e. The first kappa shape index (κ1) is 15.3. The maximum atomic E-state index is 11.9. The SMILES string of the molecule is Cc1ccccc1C(O)CNC(=O)Cc1c(C)noc1C. The number of hydrogen-bond donors (Lipinski definition) is 2. The minimum Gasteiger partial charge on any atom is -0.387 e. The van der Waals surface area contributed by atoms with E-state index in [2.05, 4.69) is 10.5 Å². The van der Waals surface area contributed by atoms with E-state index in [4.69, 9.17) is 4.52 Å². The molecule has 5 heteroatoms.